The van der Waals surface area contributed by atoms with Crippen molar-refractivity contribution in [2.24, 2.45) is 0 Å². The molecule has 3 aromatic carbocycles. The van der Waals surface area contributed by atoms with E-state index < -0.39 is 0 Å². The number of hydrogen-bond donors (Lipinski definition) is 1. The molecule has 0 unspecified atom stereocenters. The van der Waals surface area contributed by atoms with Crippen molar-refractivity contribution in [1.29, 1.82) is 0 Å². The second-order valence-corrected chi connectivity index (χ2v) is 9.34. The molecule has 4 nitrogen and oxygen atoms in total. The molecule has 0 saturated heterocycles. The lowest BCUT2D eigenvalue weighted by Crippen LogP contribution is -2.24. The summed E-state index contributed by atoms with van der Waals surface area (Å²) in [5, 5.41) is 0.714. The van der Waals surface area contributed by atoms with Gasteiger partial charge < -0.3 is 4.98 Å². The lowest BCUT2D eigenvalue weighted by Gasteiger charge is -2.13. The summed E-state index contributed by atoms with van der Waals surface area (Å²) in [5.74, 6) is 0.727. The molecule has 0 spiro atoms. The molecule has 158 valence electrons. The second kappa shape index (κ2) is 9.18. The van der Waals surface area contributed by atoms with E-state index in [4.69, 9.17) is 4.98 Å². The Balaban J connectivity index is 1.60. The van der Waals surface area contributed by atoms with Gasteiger partial charge >= 0.3 is 0 Å². The molecule has 5 aromatic rings. The van der Waals surface area contributed by atoms with Crippen molar-refractivity contribution >= 4 is 38.7 Å². The van der Waals surface area contributed by atoms with Crippen molar-refractivity contribution in [3.05, 3.63) is 117 Å². The van der Waals surface area contributed by atoms with Crippen molar-refractivity contribution in [3.8, 4) is 11.1 Å². The predicted octanol–water partition coefficient (Wildman–Crippen LogP) is 6.49. The van der Waals surface area contributed by atoms with Gasteiger partial charge in [-0.3, -0.25) is 9.36 Å². The summed E-state index contributed by atoms with van der Waals surface area (Å²) in [6.45, 7) is 0.477. The van der Waals surface area contributed by atoms with E-state index in [1.54, 1.807) is 16.3 Å². The van der Waals surface area contributed by atoms with E-state index in [0.717, 1.165) is 26.9 Å². The zero-order chi connectivity index (χ0) is 21.9. The standard InChI is InChI=1S/C26H20BrN3OS/c27-21-13-11-19(12-14-21)17-32-26-29-23-22(20-9-5-2-6-10-20)15-28-24(23)25(31)30(26)16-18-7-3-1-4-8-18/h1-15,28H,16-17H2. The average Bonchev–Trinajstić information content (AvgIpc) is 3.26. The average molecular weight is 502 g/mol. The fourth-order valence-corrected chi connectivity index (χ4v) is 4.87. The highest BCUT2D eigenvalue weighted by Gasteiger charge is 2.17. The molecule has 0 aliphatic carbocycles. The van der Waals surface area contributed by atoms with Crippen LogP contribution in [0.1, 0.15) is 11.1 Å². The molecule has 5 rings (SSSR count). The molecule has 32 heavy (non-hydrogen) atoms. The van der Waals surface area contributed by atoms with Gasteiger partial charge in [0.2, 0.25) is 0 Å². The van der Waals surface area contributed by atoms with Gasteiger partial charge in [-0.15, -0.1) is 0 Å². The number of benzene rings is 3. The zero-order valence-electron chi connectivity index (χ0n) is 17.2. The van der Waals surface area contributed by atoms with E-state index in [1.807, 2.05) is 79.0 Å². The van der Waals surface area contributed by atoms with Crippen LogP contribution >= 0.6 is 27.7 Å². The van der Waals surface area contributed by atoms with Gasteiger partial charge in [0, 0.05) is 22.0 Å². The molecule has 0 atom stereocenters. The minimum absolute atomic E-state index is 0.0562. The number of nitrogens with one attached hydrogen (secondary N) is 1. The molecular weight excluding hydrogens is 482 g/mol. The predicted molar refractivity (Wildman–Crippen MR) is 135 cm³/mol. The number of aromatic nitrogens is 3. The van der Waals surface area contributed by atoms with Crippen molar-refractivity contribution < 1.29 is 0 Å². The first-order valence-corrected chi connectivity index (χ1v) is 12.1. The first-order valence-electron chi connectivity index (χ1n) is 10.3. The Morgan fingerprint density at radius 1 is 0.875 bits per heavy atom. The first kappa shape index (κ1) is 20.8. The fraction of sp³-hybridized carbons (Fsp3) is 0.0769. The van der Waals surface area contributed by atoms with E-state index in [2.05, 4.69) is 33.0 Å². The van der Waals surface area contributed by atoms with E-state index in [-0.39, 0.29) is 5.56 Å². The lowest BCUT2D eigenvalue weighted by molar-refractivity contribution is 0.657. The van der Waals surface area contributed by atoms with Gasteiger partial charge in [-0.2, -0.15) is 0 Å². The van der Waals surface area contributed by atoms with Crippen molar-refractivity contribution in [2.45, 2.75) is 17.5 Å². The van der Waals surface area contributed by atoms with Crippen molar-refractivity contribution in [2.75, 3.05) is 0 Å². The van der Waals surface area contributed by atoms with E-state index in [0.29, 0.717) is 22.7 Å². The Kier molecular flexibility index (Phi) is 5.97. The summed E-state index contributed by atoms with van der Waals surface area (Å²) in [6, 6.07) is 28.3. The van der Waals surface area contributed by atoms with E-state index in [1.165, 1.54) is 5.56 Å². The smallest absolute Gasteiger partial charge is 0.278 e. The van der Waals surface area contributed by atoms with Crippen LogP contribution in [-0.2, 0) is 12.3 Å². The van der Waals surface area contributed by atoms with Gasteiger partial charge in [0.25, 0.3) is 5.56 Å². The number of hydrogen-bond acceptors (Lipinski definition) is 3. The van der Waals surface area contributed by atoms with Crippen molar-refractivity contribution in [3.63, 3.8) is 0 Å². The normalized spacial score (nSPS) is 11.2. The summed E-state index contributed by atoms with van der Waals surface area (Å²) < 4.78 is 2.82. The minimum Gasteiger partial charge on any atom is -0.355 e. The molecular formula is C26H20BrN3OS. The number of nitrogens with zero attached hydrogens (tertiary/aromatic N) is 2. The molecule has 0 aliphatic rings. The van der Waals surface area contributed by atoms with Gasteiger partial charge in [0.15, 0.2) is 5.16 Å². The number of rotatable bonds is 6. The van der Waals surface area contributed by atoms with Gasteiger partial charge in [-0.25, -0.2) is 4.98 Å². The maximum Gasteiger partial charge on any atom is 0.278 e. The third kappa shape index (κ3) is 4.29. The van der Waals surface area contributed by atoms with Gasteiger partial charge in [-0.1, -0.05) is 100 Å². The van der Waals surface area contributed by atoms with E-state index in [9.17, 15) is 4.79 Å². The molecule has 0 amide bonds. The van der Waals surface area contributed by atoms with Crippen LogP contribution in [0.4, 0.5) is 0 Å². The SMILES string of the molecule is O=c1c2[nH]cc(-c3ccccc3)c2nc(SCc2ccc(Br)cc2)n1Cc1ccccc1. The summed E-state index contributed by atoms with van der Waals surface area (Å²) >= 11 is 5.07. The van der Waals surface area contributed by atoms with Crippen LogP contribution in [0.15, 0.2) is 106 Å². The largest absolute Gasteiger partial charge is 0.355 e. The summed E-state index contributed by atoms with van der Waals surface area (Å²) in [4.78, 5) is 21.7. The molecule has 0 saturated carbocycles. The maximum atomic E-state index is 13.5. The Hall–Kier alpha value is -3.09. The third-order valence-electron chi connectivity index (χ3n) is 5.30. The highest BCUT2D eigenvalue weighted by atomic mass is 79.9. The summed E-state index contributed by atoms with van der Waals surface area (Å²) in [7, 11) is 0. The van der Waals surface area contributed by atoms with Crippen LogP contribution in [0, 0.1) is 0 Å². The van der Waals surface area contributed by atoms with Crippen LogP contribution < -0.4 is 5.56 Å². The fourth-order valence-electron chi connectivity index (χ4n) is 3.65. The van der Waals surface area contributed by atoms with Crippen LogP contribution in [0.2, 0.25) is 0 Å². The number of halogens is 1. The molecule has 6 heteroatoms. The molecule has 0 fully saturated rings. The molecule has 2 aromatic heterocycles. The van der Waals surface area contributed by atoms with Crippen LogP contribution in [0.3, 0.4) is 0 Å². The summed E-state index contributed by atoms with van der Waals surface area (Å²) in [6.07, 6.45) is 1.88. The quantitative estimate of drug-likeness (QED) is 0.213. The van der Waals surface area contributed by atoms with Crippen LogP contribution in [0.25, 0.3) is 22.2 Å². The number of fused-ring (bicyclic) bond motifs is 1. The Morgan fingerprint density at radius 2 is 1.56 bits per heavy atom. The first-order chi connectivity index (χ1) is 15.7. The lowest BCUT2D eigenvalue weighted by atomic mass is 10.1. The Labute approximate surface area is 198 Å². The van der Waals surface area contributed by atoms with Gasteiger partial charge in [0.1, 0.15) is 11.0 Å². The monoisotopic (exact) mass is 501 g/mol. The molecule has 0 bridgehead atoms. The highest BCUT2D eigenvalue weighted by Crippen LogP contribution is 2.29. The topological polar surface area (TPSA) is 50.7 Å². The Morgan fingerprint density at radius 3 is 2.28 bits per heavy atom. The maximum absolute atomic E-state index is 13.5. The minimum atomic E-state index is -0.0562. The Bertz CT molecular complexity index is 1410. The van der Waals surface area contributed by atoms with Crippen LogP contribution in [-0.4, -0.2) is 14.5 Å². The number of H-pyrrole nitrogens is 1. The molecule has 2 heterocycles. The third-order valence-corrected chi connectivity index (χ3v) is 6.88. The van der Waals surface area contributed by atoms with Crippen LogP contribution in [0.5, 0.6) is 0 Å². The highest BCUT2D eigenvalue weighted by molar-refractivity contribution is 9.10. The van der Waals surface area contributed by atoms with E-state index >= 15 is 0 Å². The van der Waals surface area contributed by atoms with Crippen molar-refractivity contribution in [1.82, 2.24) is 14.5 Å². The van der Waals surface area contributed by atoms with Gasteiger partial charge in [-0.05, 0) is 28.8 Å². The molecule has 0 radical (unpaired) electrons. The van der Waals surface area contributed by atoms with Gasteiger partial charge in [0.05, 0.1) is 6.54 Å². The molecule has 0 aliphatic heterocycles. The second-order valence-electron chi connectivity index (χ2n) is 7.48. The number of aromatic amines is 1. The summed E-state index contributed by atoms with van der Waals surface area (Å²) in [5.41, 5.74) is 5.41. The zero-order valence-corrected chi connectivity index (χ0v) is 19.6. The molecule has 1 N–H and O–H groups in total. The number of thioether (sulfide) groups is 1.